The van der Waals surface area contributed by atoms with Crippen molar-refractivity contribution in [3.8, 4) is 5.75 Å². The Bertz CT molecular complexity index is 610. The summed E-state index contributed by atoms with van der Waals surface area (Å²) in [5.41, 5.74) is 9.60. The summed E-state index contributed by atoms with van der Waals surface area (Å²) >= 11 is 3.62. The van der Waals surface area contributed by atoms with Crippen molar-refractivity contribution < 1.29 is 4.74 Å². The topological polar surface area (TPSA) is 53.1 Å². The van der Waals surface area contributed by atoms with Crippen molar-refractivity contribution in [3.05, 3.63) is 45.7 Å². The molecule has 0 aliphatic rings. The van der Waals surface area contributed by atoms with Crippen LogP contribution in [0, 0.1) is 6.92 Å². The SMILES string of the molecule is CCOc1cccc(C(N)Cc2c(Br)c(C)nn2CC)c1. The summed E-state index contributed by atoms with van der Waals surface area (Å²) in [6, 6.07) is 7.92. The summed E-state index contributed by atoms with van der Waals surface area (Å²) in [6.07, 6.45) is 0.741. The molecule has 0 saturated carbocycles. The number of nitrogens with two attached hydrogens (primary N) is 1. The molecule has 0 fully saturated rings. The number of ether oxygens (including phenoxy) is 1. The molecule has 1 unspecified atom stereocenters. The lowest BCUT2D eigenvalue weighted by Gasteiger charge is -2.15. The van der Waals surface area contributed by atoms with Crippen LogP contribution in [0.4, 0.5) is 0 Å². The van der Waals surface area contributed by atoms with Crippen LogP contribution >= 0.6 is 15.9 Å². The first-order chi connectivity index (χ1) is 10.1. The molecular weight excluding hydrogens is 330 g/mol. The molecule has 0 bridgehead atoms. The predicted octanol–water partition coefficient (Wildman–Crippen LogP) is 3.62. The molecule has 0 aliphatic heterocycles. The van der Waals surface area contributed by atoms with Gasteiger partial charge in [0, 0.05) is 19.0 Å². The minimum Gasteiger partial charge on any atom is -0.494 e. The van der Waals surface area contributed by atoms with Crippen molar-refractivity contribution >= 4 is 15.9 Å². The van der Waals surface area contributed by atoms with Crippen LogP contribution in [0.25, 0.3) is 0 Å². The third kappa shape index (κ3) is 3.66. The highest BCUT2D eigenvalue weighted by atomic mass is 79.9. The molecule has 4 nitrogen and oxygen atoms in total. The molecule has 114 valence electrons. The highest BCUT2D eigenvalue weighted by Crippen LogP contribution is 2.26. The highest BCUT2D eigenvalue weighted by molar-refractivity contribution is 9.10. The van der Waals surface area contributed by atoms with Crippen LogP contribution in [-0.2, 0) is 13.0 Å². The fourth-order valence-electron chi connectivity index (χ4n) is 2.39. The molecule has 0 amide bonds. The van der Waals surface area contributed by atoms with Gasteiger partial charge in [0.15, 0.2) is 0 Å². The van der Waals surface area contributed by atoms with E-state index in [4.69, 9.17) is 10.5 Å². The van der Waals surface area contributed by atoms with Gasteiger partial charge in [0.1, 0.15) is 5.75 Å². The maximum absolute atomic E-state index is 6.38. The monoisotopic (exact) mass is 351 g/mol. The third-order valence-electron chi connectivity index (χ3n) is 3.46. The van der Waals surface area contributed by atoms with Crippen LogP contribution < -0.4 is 10.5 Å². The second-order valence-electron chi connectivity index (χ2n) is 4.98. The minimum atomic E-state index is -0.0805. The first-order valence-electron chi connectivity index (χ1n) is 7.26. The first kappa shape index (κ1) is 16.0. The lowest BCUT2D eigenvalue weighted by molar-refractivity contribution is 0.339. The van der Waals surface area contributed by atoms with Crippen molar-refractivity contribution in [2.24, 2.45) is 5.73 Å². The summed E-state index contributed by atoms with van der Waals surface area (Å²) < 4.78 is 8.60. The molecular formula is C16H22BrN3O. The Labute approximate surface area is 134 Å². The quantitative estimate of drug-likeness (QED) is 0.864. The second-order valence-corrected chi connectivity index (χ2v) is 5.77. The van der Waals surface area contributed by atoms with Crippen LogP contribution in [-0.4, -0.2) is 16.4 Å². The number of hydrogen-bond donors (Lipinski definition) is 1. The standard InChI is InChI=1S/C16H22BrN3O/c1-4-20-15(16(17)11(3)19-20)10-14(18)12-7-6-8-13(9-12)21-5-2/h6-9,14H,4-5,10,18H2,1-3H3. The molecule has 21 heavy (non-hydrogen) atoms. The molecule has 2 rings (SSSR count). The zero-order chi connectivity index (χ0) is 15.4. The fourth-order valence-corrected chi connectivity index (χ4v) is 2.84. The van der Waals surface area contributed by atoms with Gasteiger partial charge in [-0.2, -0.15) is 5.10 Å². The Morgan fingerprint density at radius 1 is 1.38 bits per heavy atom. The van der Waals surface area contributed by atoms with Gasteiger partial charge in [-0.05, 0) is 54.4 Å². The van der Waals surface area contributed by atoms with Gasteiger partial charge in [0.25, 0.3) is 0 Å². The van der Waals surface area contributed by atoms with Crippen molar-refractivity contribution in [1.29, 1.82) is 0 Å². The van der Waals surface area contributed by atoms with Crippen LogP contribution in [0.15, 0.2) is 28.7 Å². The Kier molecular flexibility index (Phi) is 5.42. The maximum Gasteiger partial charge on any atom is 0.119 e. The molecule has 1 atom stereocenters. The van der Waals surface area contributed by atoms with Gasteiger partial charge in [0.05, 0.1) is 22.5 Å². The molecule has 2 aromatic rings. The average Bonchev–Trinajstić information content (AvgIpc) is 2.75. The average molecular weight is 352 g/mol. The number of halogens is 1. The molecule has 0 saturated heterocycles. The minimum absolute atomic E-state index is 0.0805. The van der Waals surface area contributed by atoms with Gasteiger partial charge >= 0.3 is 0 Å². The number of rotatable bonds is 6. The van der Waals surface area contributed by atoms with Crippen molar-refractivity contribution in [2.45, 2.75) is 39.8 Å². The van der Waals surface area contributed by atoms with Crippen molar-refractivity contribution in [2.75, 3.05) is 6.61 Å². The van der Waals surface area contributed by atoms with Gasteiger partial charge in [-0.1, -0.05) is 12.1 Å². The van der Waals surface area contributed by atoms with Crippen molar-refractivity contribution in [3.63, 3.8) is 0 Å². The molecule has 2 N–H and O–H groups in total. The third-order valence-corrected chi connectivity index (χ3v) is 4.49. The Morgan fingerprint density at radius 3 is 2.81 bits per heavy atom. The zero-order valence-electron chi connectivity index (χ0n) is 12.8. The van der Waals surface area contributed by atoms with Crippen LogP contribution in [0.2, 0.25) is 0 Å². The maximum atomic E-state index is 6.38. The van der Waals surface area contributed by atoms with E-state index < -0.39 is 0 Å². The lowest BCUT2D eigenvalue weighted by atomic mass is 10.0. The van der Waals surface area contributed by atoms with Gasteiger partial charge in [-0.15, -0.1) is 0 Å². The van der Waals surface area contributed by atoms with E-state index in [1.54, 1.807) is 0 Å². The molecule has 1 aromatic carbocycles. The summed E-state index contributed by atoms with van der Waals surface area (Å²) in [6.45, 7) is 7.57. The molecule has 1 aromatic heterocycles. The van der Waals surface area contributed by atoms with Crippen LogP contribution in [0.3, 0.4) is 0 Å². The van der Waals surface area contributed by atoms with Crippen molar-refractivity contribution in [1.82, 2.24) is 9.78 Å². The smallest absolute Gasteiger partial charge is 0.119 e. The largest absolute Gasteiger partial charge is 0.494 e. The van der Waals surface area contributed by atoms with Crippen LogP contribution in [0.5, 0.6) is 5.75 Å². The van der Waals surface area contributed by atoms with E-state index in [1.807, 2.05) is 42.8 Å². The summed E-state index contributed by atoms with van der Waals surface area (Å²) in [5, 5.41) is 4.51. The molecule has 0 aliphatic carbocycles. The number of hydrogen-bond acceptors (Lipinski definition) is 3. The Hall–Kier alpha value is -1.33. The molecule has 0 spiro atoms. The van der Waals surface area contributed by atoms with E-state index in [2.05, 4.69) is 28.0 Å². The van der Waals surface area contributed by atoms with Crippen LogP contribution in [0.1, 0.15) is 36.8 Å². The first-order valence-corrected chi connectivity index (χ1v) is 8.06. The molecule has 0 radical (unpaired) electrons. The van der Waals surface area contributed by atoms with E-state index in [0.717, 1.165) is 40.1 Å². The van der Waals surface area contributed by atoms with E-state index in [-0.39, 0.29) is 6.04 Å². The number of aryl methyl sites for hydroxylation is 2. The molecule has 5 heteroatoms. The normalized spacial score (nSPS) is 12.4. The summed E-state index contributed by atoms with van der Waals surface area (Å²) in [7, 11) is 0. The number of aromatic nitrogens is 2. The van der Waals surface area contributed by atoms with Gasteiger partial charge in [0.2, 0.25) is 0 Å². The lowest BCUT2D eigenvalue weighted by Crippen LogP contribution is -2.16. The van der Waals surface area contributed by atoms with Gasteiger partial charge in [-0.25, -0.2) is 0 Å². The fraction of sp³-hybridized carbons (Fsp3) is 0.438. The number of benzene rings is 1. The van der Waals surface area contributed by atoms with Gasteiger partial charge in [-0.3, -0.25) is 4.68 Å². The van der Waals surface area contributed by atoms with E-state index in [0.29, 0.717) is 6.61 Å². The van der Waals surface area contributed by atoms with E-state index in [1.165, 1.54) is 0 Å². The predicted molar refractivity (Wildman–Crippen MR) is 88.6 cm³/mol. The molecule has 1 heterocycles. The van der Waals surface area contributed by atoms with E-state index in [9.17, 15) is 0 Å². The van der Waals surface area contributed by atoms with E-state index >= 15 is 0 Å². The second kappa shape index (κ2) is 7.09. The Balaban J connectivity index is 2.21. The zero-order valence-corrected chi connectivity index (χ0v) is 14.4. The highest BCUT2D eigenvalue weighted by Gasteiger charge is 2.16. The Morgan fingerprint density at radius 2 is 2.14 bits per heavy atom. The number of nitrogens with zero attached hydrogens (tertiary/aromatic N) is 2. The van der Waals surface area contributed by atoms with Gasteiger partial charge < -0.3 is 10.5 Å². The summed E-state index contributed by atoms with van der Waals surface area (Å²) in [4.78, 5) is 0. The summed E-state index contributed by atoms with van der Waals surface area (Å²) in [5.74, 6) is 0.865.